The van der Waals surface area contributed by atoms with Crippen LogP contribution in [-0.2, 0) is 42.9 Å². The van der Waals surface area contributed by atoms with Gasteiger partial charge in [-0.2, -0.15) is 0 Å². The molecule has 1 saturated carbocycles. The van der Waals surface area contributed by atoms with Crippen molar-refractivity contribution in [2.24, 2.45) is 23.7 Å². The van der Waals surface area contributed by atoms with E-state index < -0.39 is 89.0 Å². The molecule has 11 nitrogen and oxygen atoms in total. The molecule has 0 aromatic heterocycles. The van der Waals surface area contributed by atoms with Crippen molar-refractivity contribution in [1.82, 2.24) is 0 Å². The van der Waals surface area contributed by atoms with Crippen LogP contribution in [0.5, 0.6) is 0 Å². The number of rotatable bonds is 11. The second-order valence-corrected chi connectivity index (χ2v) is 14.3. The average Bonchev–Trinajstić information content (AvgIpc) is 3.29. The predicted octanol–water partition coefficient (Wildman–Crippen LogP) is 4.42. The molecular formula is C34H56O11. The normalized spacial score (nSPS) is 39.6. The summed E-state index contributed by atoms with van der Waals surface area (Å²) in [5, 5.41) is 24.3. The third-order valence-electron chi connectivity index (χ3n) is 9.99. The van der Waals surface area contributed by atoms with Crippen molar-refractivity contribution in [1.29, 1.82) is 0 Å². The molecule has 3 aliphatic rings. The first kappa shape index (κ1) is 37.2. The van der Waals surface area contributed by atoms with Crippen molar-refractivity contribution in [3.63, 3.8) is 0 Å². The first-order chi connectivity index (χ1) is 20.9. The predicted molar refractivity (Wildman–Crippen MR) is 164 cm³/mol. The van der Waals surface area contributed by atoms with Gasteiger partial charge >= 0.3 is 23.9 Å². The summed E-state index contributed by atoms with van der Waals surface area (Å²) < 4.78 is 30.7. The van der Waals surface area contributed by atoms with Gasteiger partial charge in [0.1, 0.15) is 35.1 Å². The van der Waals surface area contributed by atoms with Gasteiger partial charge in [0, 0.05) is 50.4 Å². The van der Waals surface area contributed by atoms with Crippen molar-refractivity contribution >= 4 is 23.9 Å². The van der Waals surface area contributed by atoms with E-state index in [1.807, 2.05) is 34.6 Å². The summed E-state index contributed by atoms with van der Waals surface area (Å²) in [5.74, 6) is -3.83. The van der Waals surface area contributed by atoms with Crippen LogP contribution in [0.25, 0.3) is 0 Å². The van der Waals surface area contributed by atoms with Crippen molar-refractivity contribution in [2.75, 3.05) is 0 Å². The zero-order chi connectivity index (χ0) is 33.9. The van der Waals surface area contributed by atoms with Crippen molar-refractivity contribution in [3.8, 4) is 0 Å². The Morgan fingerprint density at radius 1 is 0.867 bits per heavy atom. The maximum Gasteiger partial charge on any atom is 0.306 e. The monoisotopic (exact) mass is 640 g/mol. The van der Waals surface area contributed by atoms with Crippen LogP contribution in [0.3, 0.4) is 0 Å². The first-order valence-electron chi connectivity index (χ1n) is 16.8. The van der Waals surface area contributed by atoms with E-state index in [4.69, 9.17) is 23.7 Å². The summed E-state index contributed by atoms with van der Waals surface area (Å²) in [6, 6.07) is 0. The maximum absolute atomic E-state index is 13.1. The molecule has 2 aliphatic heterocycles. The summed E-state index contributed by atoms with van der Waals surface area (Å²) in [7, 11) is 0. The fraction of sp³-hybridized carbons (Fsp3) is 0.882. The molecule has 11 heteroatoms. The molecule has 2 heterocycles. The highest BCUT2D eigenvalue weighted by molar-refractivity contribution is 5.71. The Kier molecular flexibility index (Phi) is 12.1. The highest BCUT2D eigenvalue weighted by atomic mass is 16.6. The molecule has 11 atom stereocenters. The molecule has 1 aliphatic carbocycles. The second-order valence-electron chi connectivity index (χ2n) is 14.3. The average molecular weight is 641 g/mol. The van der Waals surface area contributed by atoms with E-state index in [9.17, 15) is 29.4 Å². The Morgan fingerprint density at radius 3 is 1.96 bits per heavy atom. The molecule has 0 aromatic rings. The summed E-state index contributed by atoms with van der Waals surface area (Å²) in [5.41, 5.74) is -4.61. The number of hydrogen-bond donors (Lipinski definition) is 2. The Bertz CT molecular complexity index is 1070. The molecule has 0 aromatic carbocycles. The van der Waals surface area contributed by atoms with Crippen LogP contribution in [0, 0.1) is 23.7 Å². The fourth-order valence-electron chi connectivity index (χ4n) is 8.06. The topological polar surface area (TPSA) is 155 Å². The van der Waals surface area contributed by atoms with E-state index in [1.54, 1.807) is 20.8 Å². The number of ether oxygens (including phenoxy) is 5. The Hall–Kier alpha value is -2.24. The van der Waals surface area contributed by atoms with E-state index in [0.29, 0.717) is 19.3 Å². The number of esters is 4. The molecular weight excluding hydrogens is 584 g/mol. The Morgan fingerprint density at radius 2 is 1.42 bits per heavy atom. The largest absolute Gasteiger partial charge is 0.459 e. The van der Waals surface area contributed by atoms with Gasteiger partial charge in [-0.15, -0.1) is 0 Å². The molecule has 3 rings (SSSR count). The lowest BCUT2D eigenvalue weighted by molar-refractivity contribution is -0.243. The van der Waals surface area contributed by atoms with E-state index in [-0.39, 0.29) is 44.4 Å². The molecule has 0 radical (unpaired) electrons. The molecule has 2 saturated heterocycles. The summed E-state index contributed by atoms with van der Waals surface area (Å²) in [4.78, 5) is 51.2. The highest BCUT2D eigenvalue weighted by Gasteiger charge is 2.70. The smallest absolute Gasteiger partial charge is 0.306 e. The van der Waals surface area contributed by atoms with Gasteiger partial charge in [0.05, 0.1) is 6.10 Å². The van der Waals surface area contributed by atoms with Gasteiger partial charge in [0.2, 0.25) is 0 Å². The van der Waals surface area contributed by atoms with Gasteiger partial charge < -0.3 is 33.9 Å². The van der Waals surface area contributed by atoms with Crippen LogP contribution in [0.15, 0.2) is 0 Å². The van der Waals surface area contributed by atoms with Gasteiger partial charge in [-0.05, 0) is 58.8 Å². The van der Waals surface area contributed by atoms with Crippen LogP contribution >= 0.6 is 0 Å². The van der Waals surface area contributed by atoms with Gasteiger partial charge in [0.25, 0.3) is 0 Å². The maximum atomic E-state index is 13.1. The molecule has 2 N–H and O–H groups in total. The van der Waals surface area contributed by atoms with Crippen LogP contribution in [0.1, 0.15) is 120 Å². The standard InChI is InChI=1S/C34H56O11/c1-10-13-23(36)43-22-16-17-33(8,45-25(38)15-12-3)30-27-26(19(4)5)29(44-24(37)14-11-2)31(41-20(6)35)34(9,40)28(27)21(42-30)18-32(22,7)39/h19,21-22,26-31,39-40H,10-18H2,1-9H3/t21-,22+,26-,27-,28-,29+,30-,31-,32+,33-,34+/m1/s1. The summed E-state index contributed by atoms with van der Waals surface area (Å²) >= 11 is 0. The van der Waals surface area contributed by atoms with Crippen molar-refractivity contribution < 1.29 is 53.1 Å². The van der Waals surface area contributed by atoms with Gasteiger partial charge in [0.15, 0.2) is 6.10 Å². The summed E-state index contributed by atoms with van der Waals surface area (Å²) in [6.45, 7) is 15.7. The lowest BCUT2D eigenvalue weighted by Gasteiger charge is -2.55. The fourth-order valence-corrected chi connectivity index (χ4v) is 8.06. The highest BCUT2D eigenvalue weighted by Crippen LogP contribution is 2.59. The van der Waals surface area contributed by atoms with Crippen LogP contribution in [0.4, 0.5) is 0 Å². The third kappa shape index (κ3) is 8.01. The first-order valence-corrected chi connectivity index (χ1v) is 16.8. The minimum atomic E-state index is -1.78. The van der Waals surface area contributed by atoms with Crippen molar-refractivity contribution in [3.05, 3.63) is 0 Å². The van der Waals surface area contributed by atoms with E-state index in [1.165, 1.54) is 6.92 Å². The number of carbonyl (C=O) groups excluding carboxylic acids is 4. The zero-order valence-corrected chi connectivity index (χ0v) is 28.6. The van der Waals surface area contributed by atoms with Crippen LogP contribution in [-0.4, -0.2) is 81.4 Å². The van der Waals surface area contributed by atoms with Crippen LogP contribution in [0.2, 0.25) is 0 Å². The lowest BCUT2D eigenvalue weighted by Crippen LogP contribution is -2.68. The minimum Gasteiger partial charge on any atom is -0.459 e. The third-order valence-corrected chi connectivity index (χ3v) is 9.99. The summed E-state index contributed by atoms with van der Waals surface area (Å²) in [6.07, 6.45) is -2.13. The second kappa shape index (κ2) is 14.7. The van der Waals surface area contributed by atoms with Crippen LogP contribution < -0.4 is 0 Å². The molecule has 45 heavy (non-hydrogen) atoms. The molecule has 3 fully saturated rings. The number of aliphatic hydroxyl groups is 2. The molecule has 258 valence electrons. The van der Waals surface area contributed by atoms with Gasteiger partial charge in [-0.25, -0.2) is 0 Å². The molecule has 0 unspecified atom stereocenters. The van der Waals surface area contributed by atoms with E-state index >= 15 is 0 Å². The number of carbonyl (C=O) groups is 4. The van der Waals surface area contributed by atoms with E-state index in [2.05, 4.69) is 0 Å². The zero-order valence-electron chi connectivity index (χ0n) is 28.6. The SMILES string of the molecule is CCCC(=O)O[C@H]1[C@H](C(C)C)[C@@H]2[C@@H]([C@H]3C[C@](C)(O)[C@@H](OC(=O)CCC)CC[C@@](C)(OC(=O)CCC)[C@@H]2O3)[C@](C)(O)[C@@H]1OC(C)=O. The van der Waals surface area contributed by atoms with Gasteiger partial charge in [-0.1, -0.05) is 34.6 Å². The van der Waals surface area contributed by atoms with Gasteiger partial charge in [-0.3, -0.25) is 19.2 Å². The quantitative estimate of drug-likeness (QED) is 0.244. The lowest BCUT2D eigenvalue weighted by atomic mass is 9.55. The van der Waals surface area contributed by atoms with E-state index in [0.717, 1.165) is 0 Å². The number of fused-ring (bicyclic) bond motifs is 5. The molecule has 2 bridgehead atoms. The minimum absolute atomic E-state index is 0.0121. The van der Waals surface area contributed by atoms with Crippen molar-refractivity contribution in [2.45, 2.75) is 167 Å². The Labute approximate surface area is 268 Å². The number of hydrogen-bond acceptors (Lipinski definition) is 11. The molecule has 0 amide bonds. The Balaban J connectivity index is 2.23. The molecule has 0 spiro atoms.